The molecule has 0 aliphatic heterocycles. The fourth-order valence-corrected chi connectivity index (χ4v) is 3.94. The Hall–Kier alpha value is -3.39. The third kappa shape index (κ3) is 2.69. The van der Waals surface area contributed by atoms with Crippen molar-refractivity contribution in [1.82, 2.24) is 24.1 Å². The number of nitrogens with zero attached hydrogens (tertiary/aromatic N) is 5. The molecule has 28 heavy (non-hydrogen) atoms. The molecule has 0 amide bonds. The van der Waals surface area contributed by atoms with Gasteiger partial charge in [-0.25, -0.2) is 4.98 Å². The van der Waals surface area contributed by atoms with Gasteiger partial charge in [0.15, 0.2) is 10.9 Å². The van der Waals surface area contributed by atoms with Gasteiger partial charge < -0.3 is 4.42 Å². The van der Waals surface area contributed by atoms with Gasteiger partial charge in [0, 0.05) is 12.6 Å². The zero-order chi connectivity index (χ0) is 19.1. The van der Waals surface area contributed by atoms with Crippen LogP contribution in [0, 0.1) is 0 Å². The number of oxazole rings is 1. The molecule has 3 heterocycles. The number of rotatable bonds is 4. The third-order valence-electron chi connectivity index (χ3n) is 4.53. The van der Waals surface area contributed by atoms with Crippen LogP contribution >= 0.6 is 11.8 Å². The first-order valence-electron chi connectivity index (χ1n) is 8.68. The van der Waals surface area contributed by atoms with Crippen LogP contribution in [0.5, 0.6) is 0 Å². The average Bonchev–Trinajstić information content (AvgIpc) is 3.38. The number of benzene rings is 2. The number of fused-ring (bicyclic) bond motifs is 3. The lowest BCUT2D eigenvalue weighted by Gasteiger charge is -2.06. The summed E-state index contributed by atoms with van der Waals surface area (Å²) in [7, 11) is 1.70. The molecule has 0 bridgehead atoms. The second kappa shape index (κ2) is 6.65. The van der Waals surface area contributed by atoms with Crippen LogP contribution in [0.3, 0.4) is 0 Å². The van der Waals surface area contributed by atoms with Crippen molar-refractivity contribution in [3.05, 3.63) is 77.0 Å². The van der Waals surface area contributed by atoms with E-state index in [1.807, 2.05) is 59.0 Å². The van der Waals surface area contributed by atoms with Crippen molar-refractivity contribution in [1.29, 1.82) is 0 Å². The van der Waals surface area contributed by atoms with Crippen molar-refractivity contribution in [2.75, 3.05) is 0 Å². The molecule has 5 rings (SSSR count). The maximum absolute atomic E-state index is 12.5. The Labute approximate surface area is 163 Å². The van der Waals surface area contributed by atoms with E-state index >= 15 is 0 Å². The molecule has 0 atom stereocenters. The molecule has 0 fully saturated rings. The Morgan fingerprint density at radius 3 is 2.68 bits per heavy atom. The number of hydrogen-bond acceptors (Lipinski definition) is 6. The van der Waals surface area contributed by atoms with Crippen molar-refractivity contribution in [3.63, 3.8) is 0 Å². The standard InChI is InChI=1S/C20H15N5O2S/c1-24-18(26)14-9-5-6-10-15(14)25-19(24)22-23-20(25)28-12-17-21-11-16(27-17)13-7-3-2-4-8-13/h2-11H,12H2,1H3. The van der Waals surface area contributed by atoms with E-state index in [1.165, 1.54) is 16.3 Å². The Bertz CT molecular complexity index is 1350. The predicted molar refractivity (Wildman–Crippen MR) is 107 cm³/mol. The van der Waals surface area contributed by atoms with Crippen LogP contribution in [-0.2, 0) is 12.8 Å². The van der Waals surface area contributed by atoms with E-state index in [2.05, 4.69) is 15.2 Å². The molecular formula is C20H15N5O2S. The normalized spacial score (nSPS) is 11.5. The molecule has 8 heteroatoms. The number of para-hydroxylation sites is 1. The molecule has 138 valence electrons. The molecule has 0 aliphatic rings. The first-order chi connectivity index (χ1) is 13.7. The molecule has 0 unspecified atom stereocenters. The van der Waals surface area contributed by atoms with Crippen LogP contribution in [0.25, 0.3) is 28.0 Å². The molecule has 0 saturated heterocycles. The van der Waals surface area contributed by atoms with Crippen LogP contribution in [-0.4, -0.2) is 24.1 Å². The van der Waals surface area contributed by atoms with E-state index in [9.17, 15) is 4.79 Å². The Kier molecular flexibility index (Phi) is 3.98. The lowest BCUT2D eigenvalue weighted by Crippen LogP contribution is -2.20. The van der Waals surface area contributed by atoms with Crippen LogP contribution < -0.4 is 5.56 Å². The summed E-state index contributed by atoms with van der Waals surface area (Å²) in [5.41, 5.74) is 1.68. The molecular weight excluding hydrogens is 374 g/mol. The predicted octanol–water partition coefficient (Wildman–Crippen LogP) is 3.53. The summed E-state index contributed by atoms with van der Waals surface area (Å²) < 4.78 is 9.27. The highest BCUT2D eigenvalue weighted by atomic mass is 32.2. The number of aryl methyl sites for hydroxylation is 1. The van der Waals surface area contributed by atoms with Gasteiger partial charge in [-0.15, -0.1) is 10.2 Å². The lowest BCUT2D eigenvalue weighted by atomic mass is 10.2. The van der Waals surface area contributed by atoms with E-state index in [-0.39, 0.29) is 5.56 Å². The topological polar surface area (TPSA) is 78.2 Å². The summed E-state index contributed by atoms with van der Waals surface area (Å²) in [6.45, 7) is 0. The molecule has 2 aromatic carbocycles. The van der Waals surface area contributed by atoms with E-state index in [0.29, 0.717) is 28.0 Å². The van der Waals surface area contributed by atoms with Gasteiger partial charge in [-0.3, -0.25) is 13.8 Å². The highest BCUT2D eigenvalue weighted by Gasteiger charge is 2.16. The van der Waals surface area contributed by atoms with Gasteiger partial charge in [0.05, 0.1) is 22.9 Å². The SMILES string of the molecule is Cn1c(=O)c2ccccc2n2c(SCc3ncc(-c4ccccc4)o3)nnc12. The van der Waals surface area contributed by atoms with E-state index < -0.39 is 0 Å². The fourth-order valence-electron chi connectivity index (χ4n) is 3.14. The van der Waals surface area contributed by atoms with Crippen molar-refractivity contribution < 1.29 is 4.42 Å². The summed E-state index contributed by atoms with van der Waals surface area (Å²) >= 11 is 1.47. The summed E-state index contributed by atoms with van der Waals surface area (Å²) in [6, 6.07) is 17.3. The summed E-state index contributed by atoms with van der Waals surface area (Å²) in [5.74, 6) is 2.35. The van der Waals surface area contributed by atoms with E-state index in [1.54, 1.807) is 13.2 Å². The first kappa shape index (κ1) is 16.8. The van der Waals surface area contributed by atoms with Gasteiger partial charge in [0.25, 0.3) is 5.56 Å². The molecule has 0 saturated carbocycles. The minimum absolute atomic E-state index is 0.0905. The average molecular weight is 389 g/mol. The third-order valence-corrected chi connectivity index (χ3v) is 5.45. The van der Waals surface area contributed by atoms with Gasteiger partial charge in [0.1, 0.15) is 0 Å². The van der Waals surface area contributed by atoms with Crippen molar-refractivity contribution in [2.24, 2.45) is 7.05 Å². The minimum atomic E-state index is -0.0905. The number of thioether (sulfide) groups is 1. The van der Waals surface area contributed by atoms with Crippen LogP contribution in [0.2, 0.25) is 0 Å². The maximum Gasteiger partial charge on any atom is 0.262 e. The van der Waals surface area contributed by atoms with Gasteiger partial charge in [0.2, 0.25) is 11.7 Å². The summed E-state index contributed by atoms with van der Waals surface area (Å²) in [4.78, 5) is 16.9. The molecule has 5 aromatic rings. The van der Waals surface area contributed by atoms with Crippen LogP contribution in [0.4, 0.5) is 0 Å². The number of aromatic nitrogens is 5. The molecule has 0 radical (unpaired) electrons. The second-order valence-corrected chi connectivity index (χ2v) is 7.21. The van der Waals surface area contributed by atoms with Gasteiger partial charge in [-0.2, -0.15) is 0 Å². The Morgan fingerprint density at radius 2 is 1.82 bits per heavy atom. The van der Waals surface area contributed by atoms with Crippen molar-refractivity contribution >= 4 is 28.4 Å². The first-order valence-corrected chi connectivity index (χ1v) is 9.67. The summed E-state index contributed by atoms with van der Waals surface area (Å²) in [6.07, 6.45) is 1.73. The second-order valence-electron chi connectivity index (χ2n) is 6.27. The Balaban J connectivity index is 1.50. The number of hydrogen-bond donors (Lipinski definition) is 0. The molecule has 0 aliphatic carbocycles. The van der Waals surface area contributed by atoms with Crippen LogP contribution in [0.15, 0.2) is 75.2 Å². The largest absolute Gasteiger partial charge is 0.440 e. The molecule has 7 nitrogen and oxygen atoms in total. The quantitative estimate of drug-likeness (QED) is 0.438. The van der Waals surface area contributed by atoms with Crippen molar-refractivity contribution in [2.45, 2.75) is 10.9 Å². The molecule has 3 aromatic heterocycles. The highest BCUT2D eigenvalue weighted by molar-refractivity contribution is 7.98. The smallest absolute Gasteiger partial charge is 0.262 e. The minimum Gasteiger partial charge on any atom is -0.440 e. The zero-order valence-corrected chi connectivity index (χ0v) is 15.8. The monoisotopic (exact) mass is 389 g/mol. The highest BCUT2D eigenvalue weighted by Crippen LogP contribution is 2.26. The van der Waals surface area contributed by atoms with Crippen molar-refractivity contribution in [3.8, 4) is 11.3 Å². The molecule has 0 spiro atoms. The zero-order valence-electron chi connectivity index (χ0n) is 14.9. The summed E-state index contributed by atoms with van der Waals surface area (Å²) in [5, 5.41) is 9.78. The maximum atomic E-state index is 12.5. The fraction of sp³-hybridized carbons (Fsp3) is 0.100. The van der Waals surface area contributed by atoms with Crippen LogP contribution in [0.1, 0.15) is 5.89 Å². The van der Waals surface area contributed by atoms with Gasteiger partial charge in [-0.05, 0) is 12.1 Å². The Morgan fingerprint density at radius 1 is 1.04 bits per heavy atom. The van der Waals surface area contributed by atoms with Gasteiger partial charge >= 0.3 is 0 Å². The van der Waals surface area contributed by atoms with E-state index in [4.69, 9.17) is 4.42 Å². The van der Waals surface area contributed by atoms with Gasteiger partial charge in [-0.1, -0.05) is 54.2 Å². The molecule has 0 N–H and O–H groups in total. The lowest BCUT2D eigenvalue weighted by molar-refractivity contribution is 0.530. The van der Waals surface area contributed by atoms with E-state index in [0.717, 1.165) is 16.8 Å².